The van der Waals surface area contributed by atoms with Crippen molar-refractivity contribution in [3.8, 4) is 5.75 Å². The van der Waals surface area contributed by atoms with Crippen LogP contribution in [0.5, 0.6) is 5.75 Å². The maximum Gasteiger partial charge on any atom is 0.213 e. The second kappa shape index (κ2) is 7.91. The molecule has 4 aromatic carbocycles. The minimum Gasteiger partial charge on any atom is -0.463 e. The molecule has 158 valence electrons. The minimum absolute atomic E-state index is 0.0676. The van der Waals surface area contributed by atoms with Gasteiger partial charge < -0.3 is 4.74 Å². The molecule has 6 heteroatoms. The van der Waals surface area contributed by atoms with Crippen molar-refractivity contribution in [3.05, 3.63) is 110 Å². The van der Waals surface area contributed by atoms with Crippen molar-refractivity contribution in [2.45, 2.75) is 18.7 Å². The fourth-order valence-electron chi connectivity index (χ4n) is 4.54. The molecule has 0 spiro atoms. The van der Waals surface area contributed by atoms with Crippen molar-refractivity contribution in [2.24, 2.45) is 5.10 Å². The average Bonchev–Trinajstić information content (AvgIpc) is 3.24. The predicted molar refractivity (Wildman–Crippen MR) is 136 cm³/mol. The van der Waals surface area contributed by atoms with Gasteiger partial charge >= 0.3 is 0 Å². The van der Waals surface area contributed by atoms with Crippen LogP contribution in [0.15, 0.2) is 92.9 Å². The zero-order chi connectivity index (χ0) is 21.8. The highest BCUT2D eigenvalue weighted by atomic mass is 79.9. The van der Waals surface area contributed by atoms with Crippen molar-refractivity contribution < 1.29 is 4.74 Å². The number of fused-ring (bicyclic) bond motifs is 4. The van der Waals surface area contributed by atoms with Crippen molar-refractivity contribution >= 4 is 59.9 Å². The lowest BCUT2D eigenvalue weighted by Gasteiger charge is -2.38. The fraction of sp³-hybridized carbons (Fsp3) is 0.115. The Balaban J connectivity index is 1.48. The molecule has 0 aromatic heterocycles. The number of hydrazone groups is 1. The summed E-state index contributed by atoms with van der Waals surface area (Å²) in [5.41, 5.74) is 4.29. The zero-order valence-electron chi connectivity index (χ0n) is 16.8. The van der Waals surface area contributed by atoms with Crippen LogP contribution < -0.4 is 4.74 Å². The van der Waals surface area contributed by atoms with Gasteiger partial charge in [-0.3, -0.25) is 0 Å². The summed E-state index contributed by atoms with van der Waals surface area (Å²) in [7, 11) is 0. The third-order valence-electron chi connectivity index (χ3n) is 6.02. The smallest absolute Gasteiger partial charge is 0.213 e. The maximum absolute atomic E-state index is 6.52. The van der Waals surface area contributed by atoms with Gasteiger partial charge in [0.05, 0.1) is 16.2 Å². The molecule has 6 rings (SSSR count). The van der Waals surface area contributed by atoms with E-state index in [1.54, 1.807) is 0 Å². The van der Waals surface area contributed by atoms with Gasteiger partial charge in [0.25, 0.3) is 0 Å². The quantitative estimate of drug-likeness (QED) is 0.243. The van der Waals surface area contributed by atoms with Gasteiger partial charge in [0, 0.05) is 27.0 Å². The number of halogens is 3. The summed E-state index contributed by atoms with van der Waals surface area (Å²) in [6.45, 7) is 0. The Bertz CT molecular complexity index is 1400. The molecule has 0 unspecified atom stereocenters. The molecule has 0 aliphatic carbocycles. The van der Waals surface area contributed by atoms with E-state index in [2.05, 4.69) is 85.4 Å². The van der Waals surface area contributed by atoms with E-state index >= 15 is 0 Å². The molecule has 3 nitrogen and oxygen atoms in total. The van der Waals surface area contributed by atoms with E-state index in [9.17, 15) is 0 Å². The van der Waals surface area contributed by atoms with Gasteiger partial charge in [-0.1, -0.05) is 76.1 Å². The molecule has 2 heterocycles. The van der Waals surface area contributed by atoms with Crippen molar-refractivity contribution in [2.75, 3.05) is 0 Å². The van der Waals surface area contributed by atoms with Gasteiger partial charge in [0.2, 0.25) is 6.23 Å². The van der Waals surface area contributed by atoms with Gasteiger partial charge in [-0.2, -0.15) is 5.10 Å². The number of benzene rings is 4. The molecule has 0 saturated heterocycles. The summed E-state index contributed by atoms with van der Waals surface area (Å²) in [6, 6.07) is 27.0. The zero-order valence-corrected chi connectivity index (χ0v) is 20.7. The van der Waals surface area contributed by atoms with E-state index < -0.39 is 0 Å². The molecule has 0 saturated carbocycles. The Kier molecular flexibility index (Phi) is 5.01. The van der Waals surface area contributed by atoms with Crippen LogP contribution in [0.25, 0.3) is 10.8 Å². The van der Waals surface area contributed by atoms with E-state index in [1.807, 2.05) is 30.3 Å². The van der Waals surface area contributed by atoms with Crippen LogP contribution in [0.4, 0.5) is 0 Å². The van der Waals surface area contributed by atoms with E-state index in [-0.39, 0.29) is 12.3 Å². The highest BCUT2D eigenvalue weighted by Gasteiger charge is 2.42. The highest BCUT2D eigenvalue weighted by molar-refractivity contribution is 9.11. The first-order chi connectivity index (χ1) is 15.6. The number of rotatable bonds is 2. The monoisotopic (exact) mass is 566 g/mol. The molecular formula is C26H17Br2ClN2O. The minimum atomic E-state index is -0.360. The molecule has 0 amide bonds. The third kappa shape index (κ3) is 3.43. The van der Waals surface area contributed by atoms with Crippen LogP contribution in [0.3, 0.4) is 0 Å². The van der Waals surface area contributed by atoms with Gasteiger partial charge in [-0.25, -0.2) is 5.01 Å². The van der Waals surface area contributed by atoms with Crippen LogP contribution in [0.2, 0.25) is 5.02 Å². The first-order valence-electron chi connectivity index (χ1n) is 10.3. The molecule has 4 aromatic rings. The Morgan fingerprint density at radius 3 is 2.59 bits per heavy atom. The van der Waals surface area contributed by atoms with E-state index in [0.717, 1.165) is 43.5 Å². The summed E-state index contributed by atoms with van der Waals surface area (Å²) in [5.74, 6) is 0.856. The first-order valence-corrected chi connectivity index (χ1v) is 12.3. The Morgan fingerprint density at radius 2 is 1.75 bits per heavy atom. The molecular weight excluding hydrogens is 552 g/mol. The van der Waals surface area contributed by atoms with Gasteiger partial charge in [0.15, 0.2) is 0 Å². The van der Waals surface area contributed by atoms with Crippen LogP contribution in [-0.2, 0) is 0 Å². The van der Waals surface area contributed by atoms with Crippen molar-refractivity contribution in [1.29, 1.82) is 0 Å². The standard InChI is InChI=1S/C26H17Br2ClN2O/c27-19-12-21-24-14-23(17-9-8-15-4-1-2-5-16(15)10-17)30-31(24)26(32-25(21)22(28)13-19)18-6-3-7-20(29)11-18/h1-13,24,26H,14H2/t24-,26-/m0/s1. The SMILES string of the molecule is Clc1cccc([C@@H]2Oc3c(Br)cc(Br)cc3[C@@H]3CC(c4ccc5ccccc5c4)=NN32)c1. The second-order valence-electron chi connectivity index (χ2n) is 8.04. The molecule has 0 fully saturated rings. The number of nitrogens with zero attached hydrogens (tertiary/aromatic N) is 2. The Labute approximate surface area is 207 Å². The van der Waals surface area contributed by atoms with Crippen LogP contribution in [-0.4, -0.2) is 10.7 Å². The molecule has 2 atom stereocenters. The molecule has 32 heavy (non-hydrogen) atoms. The van der Waals surface area contributed by atoms with Crippen LogP contribution in [0, 0.1) is 0 Å². The number of hydrogen-bond acceptors (Lipinski definition) is 3. The lowest BCUT2D eigenvalue weighted by molar-refractivity contribution is -0.0197. The predicted octanol–water partition coefficient (Wildman–Crippen LogP) is 8.26. The van der Waals surface area contributed by atoms with Gasteiger partial charge in [-0.15, -0.1) is 0 Å². The van der Waals surface area contributed by atoms with Gasteiger partial charge in [0.1, 0.15) is 5.75 Å². The number of hydrogen-bond donors (Lipinski definition) is 0. The van der Waals surface area contributed by atoms with Crippen LogP contribution >= 0.6 is 43.5 Å². The summed E-state index contributed by atoms with van der Waals surface area (Å²) in [4.78, 5) is 0. The third-order valence-corrected chi connectivity index (χ3v) is 7.31. The summed E-state index contributed by atoms with van der Waals surface area (Å²) >= 11 is 13.6. The lowest BCUT2D eigenvalue weighted by Crippen LogP contribution is -2.33. The molecule has 0 N–H and O–H groups in total. The molecule has 0 radical (unpaired) electrons. The normalized spacial score (nSPS) is 19.3. The highest BCUT2D eigenvalue weighted by Crippen LogP contribution is 2.51. The summed E-state index contributed by atoms with van der Waals surface area (Å²) < 4.78 is 8.45. The first kappa shape index (κ1) is 20.3. The van der Waals surface area contributed by atoms with Crippen molar-refractivity contribution in [1.82, 2.24) is 5.01 Å². The fourth-order valence-corrected chi connectivity index (χ4v) is 6.09. The lowest BCUT2D eigenvalue weighted by atomic mass is 9.95. The largest absolute Gasteiger partial charge is 0.463 e. The molecule has 0 bridgehead atoms. The summed E-state index contributed by atoms with van der Waals surface area (Å²) in [5, 5.41) is 10.3. The van der Waals surface area contributed by atoms with Crippen molar-refractivity contribution in [3.63, 3.8) is 0 Å². The molecule has 2 aliphatic heterocycles. The van der Waals surface area contributed by atoms with Crippen LogP contribution in [0.1, 0.15) is 35.4 Å². The Morgan fingerprint density at radius 1 is 0.906 bits per heavy atom. The maximum atomic E-state index is 6.52. The van der Waals surface area contributed by atoms with E-state index in [4.69, 9.17) is 21.4 Å². The molecule has 2 aliphatic rings. The Hall–Kier alpha value is -2.34. The summed E-state index contributed by atoms with van der Waals surface area (Å²) in [6.07, 6.45) is 0.441. The topological polar surface area (TPSA) is 24.8 Å². The van der Waals surface area contributed by atoms with Gasteiger partial charge in [-0.05, 0) is 62.6 Å². The van der Waals surface area contributed by atoms with E-state index in [0.29, 0.717) is 5.02 Å². The van der Waals surface area contributed by atoms with E-state index in [1.165, 1.54) is 10.8 Å². The average molecular weight is 569 g/mol. The second-order valence-corrected chi connectivity index (χ2v) is 10.2. The number of ether oxygens (including phenoxy) is 1.